The van der Waals surface area contributed by atoms with E-state index in [-0.39, 0.29) is 0 Å². The second-order valence-corrected chi connectivity index (χ2v) is 4.42. The fraction of sp³-hybridized carbons (Fsp3) is 1.00. The van der Waals surface area contributed by atoms with Crippen molar-refractivity contribution in [2.45, 2.75) is 32.8 Å². The monoisotopic (exact) mass is 215 g/mol. The number of nitrogens with zero attached hydrogens (tertiary/aromatic N) is 1. The molecular weight excluding hydrogens is 190 g/mol. The molecule has 0 aliphatic carbocycles. The first-order valence-electron chi connectivity index (χ1n) is 6.06. The highest BCUT2D eigenvalue weighted by Gasteiger charge is 2.45. The summed E-state index contributed by atoms with van der Waals surface area (Å²) >= 11 is 0. The number of ether oxygens (including phenoxy) is 2. The number of likely N-dealkylation sites (tertiary alicyclic amines) is 1. The van der Waals surface area contributed by atoms with Crippen LogP contribution < -0.4 is 0 Å². The molecule has 2 atom stereocenters. The van der Waals surface area contributed by atoms with Crippen LogP contribution in [0.15, 0.2) is 0 Å². The van der Waals surface area contributed by atoms with E-state index >= 15 is 0 Å². The van der Waals surface area contributed by atoms with E-state index in [1.807, 2.05) is 21.0 Å². The zero-order valence-corrected chi connectivity index (χ0v) is 10.6. The molecule has 2 aliphatic rings. The minimum atomic E-state index is 0.293. The molecule has 3 nitrogen and oxygen atoms in total. The lowest BCUT2D eigenvalue weighted by Gasteiger charge is -2.43. The van der Waals surface area contributed by atoms with Crippen molar-refractivity contribution in [2.75, 3.05) is 40.5 Å². The van der Waals surface area contributed by atoms with Gasteiger partial charge in [-0.15, -0.1) is 0 Å². The standard InChI is InChI=1S/C10H19NO2.C2H6/c1-11-5-3-9(12-2)10(7-11)4-6-13-8-10;1-2/h9H,3-8H2,1-2H3;1-2H3/t9-,10-;/m0./s1. The van der Waals surface area contributed by atoms with Crippen LogP contribution in [0.25, 0.3) is 0 Å². The highest BCUT2D eigenvalue weighted by atomic mass is 16.5. The summed E-state index contributed by atoms with van der Waals surface area (Å²) in [6, 6.07) is 0. The van der Waals surface area contributed by atoms with E-state index in [1.54, 1.807) is 0 Å². The zero-order valence-electron chi connectivity index (χ0n) is 10.6. The largest absolute Gasteiger partial charge is 0.381 e. The lowest BCUT2D eigenvalue weighted by molar-refractivity contribution is -0.0664. The second kappa shape index (κ2) is 5.83. The van der Waals surface area contributed by atoms with E-state index in [1.165, 1.54) is 0 Å². The predicted octanol–water partition coefficient (Wildman–Crippen LogP) is 1.77. The van der Waals surface area contributed by atoms with Crippen molar-refractivity contribution in [1.29, 1.82) is 0 Å². The minimum absolute atomic E-state index is 0.293. The average molecular weight is 215 g/mol. The fourth-order valence-corrected chi connectivity index (χ4v) is 2.73. The smallest absolute Gasteiger partial charge is 0.0674 e. The molecule has 0 amide bonds. The van der Waals surface area contributed by atoms with Gasteiger partial charge in [0.2, 0.25) is 0 Å². The number of hydrogen-bond donors (Lipinski definition) is 0. The Morgan fingerprint density at radius 1 is 1.40 bits per heavy atom. The molecule has 0 unspecified atom stereocenters. The SMILES string of the molecule is CC.CO[C@H]1CCN(C)C[C@]12CCOC2. The molecule has 2 fully saturated rings. The molecule has 15 heavy (non-hydrogen) atoms. The Labute approximate surface area is 93.7 Å². The van der Waals surface area contributed by atoms with E-state index in [0.29, 0.717) is 11.5 Å². The Bertz CT molecular complexity index is 178. The van der Waals surface area contributed by atoms with Gasteiger partial charge in [-0.1, -0.05) is 13.8 Å². The van der Waals surface area contributed by atoms with Gasteiger partial charge in [0.05, 0.1) is 12.7 Å². The normalized spacial score (nSPS) is 36.4. The van der Waals surface area contributed by atoms with Crippen molar-refractivity contribution in [3.05, 3.63) is 0 Å². The Kier molecular flexibility index (Phi) is 5.03. The van der Waals surface area contributed by atoms with Crippen molar-refractivity contribution in [3.8, 4) is 0 Å². The summed E-state index contributed by atoms with van der Waals surface area (Å²) in [5.41, 5.74) is 0.293. The highest BCUT2D eigenvalue weighted by molar-refractivity contribution is 4.96. The summed E-state index contributed by atoms with van der Waals surface area (Å²) in [5.74, 6) is 0. The maximum Gasteiger partial charge on any atom is 0.0674 e. The molecule has 3 heteroatoms. The van der Waals surface area contributed by atoms with Gasteiger partial charge in [0.25, 0.3) is 0 Å². The van der Waals surface area contributed by atoms with E-state index < -0.39 is 0 Å². The van der Waals surface area contributed by atoms with Gasteiger partial charge in [-0.3, -0.25) is 0 Å². The van der Waals surface area contributed by atoms with Crippen LogP contribution in [0.1, 0.15) is 26.7 Å². The van der Waals surface area contributed by atoms with Crippen LogP contribution in [0.2, 0.25) is 0 Å². The lowest BCUT2D eigenvalue weighted by atomic mass is 9.77. The number of hydrogen-bond acceptors (Lipinski definition) is 3. The molecule has 90 valence electrons. The molecule has 2 saturated heterocycles. The highest BCUT2D eigenvalue weighted by Crippen LogP contribution is 2.38. The molecule has 2 aliphatic heterocycles. The minimum Gasteiger partial charge on any atom is -0.381 e. The number of methoxy groups -OCH3 is 1. The molecule has 0 N–H and O–H groups in total. The number of piperidine rings is 1. The quantitative estimate of drug-likeness (QED) is 0.665. The third kappa shape index (κ3) is 2.71. The maximum absolute atomic E-state index is 5.57. The van der Waals surface area contributed by atoms with E-state index in [9.17, 15) is 0 Å². The lowest BCUT2D eigenvalue weighted by Crippen LogP contribution is -2.51. The second-order valence-electron chi connectivity index (χ2n) is 4.42. The summed E-state index contributed by atoms with van der Waals surface area (Å²) in [7, 11) is 4.02. The summed E-state index contributed by atoms with van der Waals surface area (Å²) in [5, 5.41) is 0. The van der Waals surface area contributed by atoms with Gasteiger partial charge in [-0.05, 0) is 19.9 Å². The first-order valence-corrected chi connectivity index (χ1v) is 6.06. The summed E-state index contributed by atoms with van der Waals surface area (Å²) < 4.78 is 11.1. The molecule has 0 radical (unpaired) electrons. The summed E-state index contributed by atoms with van der Waals surface area (Å²) in [6.07, 6.45) is 2.72. The fourth-order valence-electron chi connectivity index (χ4n) is 2.73. The Morgan fingerprint density at radius 3 is 2.67 bits per heavy atom. The molecule has 0 aromatic heterocycles. The van der Waals surface area contributed by atoms with Crippen molar-refractivity contribution < 1.29 is 9.47 Å². The van der Waals surface area contributed by atoms with Gasteiger partial charge < -0.3 is 14.4 Å². The van der Waals surface area contributed by atoms with Gasteiger partial charge in [0.1, 0.15) is 0 Å². The summed E-state index contributed by atoms with van der Waals surface area (Å²) in [6.45, 7) is 8.08. The van der Waals surface area contributed by atoms with Gasteiger partial charge in [0, 0.05) is 32.2 Å². The van der Waals surface area contributed by atoms with E-state index in [4.69, 9.17) is 9.47 Å². The topological polar surface area (TPSA) is 21.7 Å². The van der Waals surface area contributed by atoms with Crippen LogP contribution in [0.4, 0.5) is 0 Å². The van der Waals surface area contributed by atoms with E-state index in [2.05, 4.69) is 11.9 Å². The Morgan fingerprint density at radius 2 is 2.13 bits per heavy atom. The third-order valence-corrected chi connectivity index (χ3v) is 3.46. The van der Waals surface area contributed by atoms with Gasteiger partial charge in [-0.25, -0.2) is 0 Å². The first-order chi connectivity index (χ1) is 7.27. The molecule has 0 bridgehead atoms. The maximum atomic E-state index is 5.57. The van der Waals surface area contributed by atoms with Crippen LogP contribution >= 0.6 is 0 Å². The molecule has 1 spiro atoms. The van der Waals surface area contributed by atoms with Crippen LogP contribution in [0, 0.1) is 5.41 Å². The van der Waals surface area contributed by atoms with Crippen molar-refractivity contribution >= 4 is 0 Å². The third-order valence-electron chi connectivity index (χ3n) is 3.46. The first kappa shape index (κ1) is 12.9. The molecule has 0 aromatic carbocycles. The molecule has 2 heterocycles. The Hall–Kier alpha value is -0.120. The van der Waals surface area contributed by atoms with Crippen molar-refractivity contribution in [1.82, 2.24) is 4.90 Å². The molecule has 2 rings (SSSR count). The van der Waals surface area contributed by atoms with Crippen LogP contribution in [-0.2, 0) is 9.47 Å². The van der Waals surface area contributed by atoms with Crippen molar-refractivity contribution in [2.24, 2.45) is 5.41 Å². The van der Waals surface area contributed by atoms with Gasteiger partial charge in [-0.2, -0.15) is 0 Å². The van der Waals surface area contributed by atoms with Gasteiger partial charge >= 0.3 is 0 Å². The van der Waals surface area contributed by atoms with Crippen LogP contribution in [0.5, 0.6) is 0 Å². The Balaban J connectivity index is 0.000000531. The molecule has 0 saturated carbocycles. The molecule has 0 aromatic rings. The average Bonchev–Trinajstić information content (AvgIpc) is 2.70. The molecular formula is C12H25NO2. The number of rotatable bonds is 1. The van der Waals surface area contributed by atoms with Gasteiger partial charge in [0.15, 0.2) is 0 Å². The van der Waals surface area contributed by atoms with Crippen LogP contribution in [0.3, 0.4) is 0 Å². The van der Waals surface area contributed by atoms with Crippen LogP contribution in [-0.4, -0.2) is 51.5 Å². The van der Waals surface area contributed by atoms with E-state index in [0.717, 1.165) is 39.1 Å². The zero-order chi connectivity index (χ0) is 11.3. The predicted molar refractivity (Wildman–Crippen MR) is 62.1 cm³/mol. The summed E-state index contributed by atoms with van der Waals surface area (Å²) in [4.78, 5) is 2.39. The van der Waals surface area contributed by atoms with Crippen molar-refractivity contribution in [3.63, 3.8) is 0 Å².